The number of benzene rings is 1. The predicted molar refractivity (Wildman–Crippen MR) is 90.6 cm³/mol. The quantitative estimate of drug-likeness (QED) is 0.594. The number of fused-ring (bicyclic) bond motifs is 1. The number of nitrogens with one attached hydrogen (secondary N) is 1. The number of nitriles is 1. The van der Waals surface area contributed by atoms with Crippen LogP contribution in [0.4, 0.5) is 0 Å². The van der Waals surface area contributed by atoms with Crippen LogP contribution in [0.1, 0.15) is 42.6 Å². The lowest BCUT2D eigenvalue weighted by atomic mass is 9.72. The van der Waals surface area contributed by atoms with Crippen molar-refractivity contribution in [2.45, 2.75) is 39.1 Å². The van der Waals surface area contributed by atoms with Gasteiger partial charge < -0.3 is 19.7 Å². The fraction of sp³-hybridized carbons (Fsp3) is 0.471. The van der Waals surface area contributed by atoms with Crippen LogP contribution < -0.4 is 9.97 Å². The fourth-order valence-electron chi connectivity index (χ4n) is 2.48. The summed E-state index contributed by atoms with van der Waals surface area (Å²) in [5, 5.41) is 21.3. The Bertz CT molecular complexity index is 686. The van der Waals surface area contributed by atoms with Gasteiger partial charge in [0.2, 0.25) is 5.91 Å². The average molecular weight is 344 g/mol. The Labute approximate surface area is 147 Å². The Balaban J connectivity index is 2.11. The van der Waals surface area contributed by atoms with Crippen molar-refractivity contribution in [3.8, 4) is 11.8 Å². The number of hydrogen-bond donors (Lipinski definition) is 2. The second kappa shape index (κ2) is 8.54. The molecule has 132 valence electrons. The zero-order chi connectivity index (χ0) is 18.4. The van der Waals surface area contributed by atoms with E-state index in [0.717, 1.165) is 0 Å². The number of rotatable bonds is 6. The van der Waals surface area contributed by atoms with Crippen LogP contribution in [-0.2, 0) is 16.0 Å². The first kappa shape index (κ1) is 18.8. The molecule has 0 fully saturated rings. The van der Waals surface area contributed by atoms with Gasteiger partial charge in [0.15, 0.2) is 0 Å². The van der Waals surface area contributed by atoms with Crippen LogP contribution in [0.25, 0.3) is 0 Å². The lowest BCUT2D eigenvalue weighted by Gasteiger charge is -2.29. The van der Waals surface area contributed by atoms with Crippen LogP contribution in [0.3, 0.4) is 0 Å². The highest BCUT2D eigenvalue weighted by Crippen LogP contribution is 2.30. The Morgan fingerprint density at radius 2 is 2.28 bits per heavy atom. The maximum absolute atomic E-state index is 12.2. The summed E-state index contributed by atoms with van der Waals surface area (Å²) in [5.41, 5.74) is 0.960. The maximum Gasteiger partial charge on any atom is 0.547 e. The number of hydrogen-bond acceptors (Lipinski definition) is 6. The molecule has 0 saturated carbocycles. The van der Waals surface area contributed by atoms with E-state index >= 15 is 0 Å². The first-order chi connectivity index (χ1) is 11.9. The minimum Gasteiger partial charge on any atom is -0.534 e. The van der Waals surface area contributed by atoms with E-state index in [0.29, 0.717) is 18.6 Å². The molecule has 0 radical (unpaired) electrons. The SMILES string of the molecule is CC(C)COC(=O)c1cccc2c1OB(O)[C@@H](NC(=O)CCC#N)C2. The zero-order valence-electron chi connectivity index (χ0n) is 14.3. The number of amides is 1. The largest absolute Gasteiger partial charge is 0.547 e. The molecule has 1 amide bonds. The summed E-state index contributed by atoms with van der Waals surface area (Å²) >= 11 is 0. The van der Waals surface area contributed by atoms with Gasteiger partial charge in [-0.15, -0.1) is 0 Å². The molecule has 1 atom stereocenters. The highest BCUT2D eigenvalue weighted by molar-refractivity contribution is 6.47. The van der Waals surface area contributed by atoms with E-state index in [1.54, 1.807) is 18.2 Å². The van der Waals surface area contributed by atoms with Gasteiger partial charge in [0.05, 0.1) is 18.6 Å². The van der Waals surface area contributed by atoms with Crippen molar-refractivity contribution in [3.63, 3.8) is 0 Å². The lowest BCUT2D eigenvalue weighted by Crippen LogP contribution is -2.53. The van der Waals surface area contributed by atoms with Crippen LogP contribution in [0, 0.1) is 17.2 Å². The van der Waals surface area contributed by atoms with Gasteiger partial charge in [-0.05, 0) is 24.0 Å². The molecule has 2 N–H and O–H groups in total. The predicted octanol–water partition coefficient (Wildman–Crippen LogP) is 1.24. The molecule has 1 heterocycles. The van der Waals surface area contributed by atoms with Crippen molar-refractivity contribution in [2.24, 2.45) is 5.92 Å². The van der Waals surface area contributed by atoms with Crippen molar-refractivity contribution < 1.29 is 24.0 Å². The molecule has 0 aromatic heterocycles. The van der Waals surface area contributed by atoms with E-state index in [2.05, 4.69) is 5.32 Å². The minimum absolute atomic E-state index is 0.0636. The summed E-state index contributed by atoms with van der Waals surface area (Å²) in [6, 6.07) is 6.96. The maximum atomic E-state index is 12.2. The average Bonchev–Trinajstić information content (AvgIpc) is 2.58. The van der Waals surface area contributed by atoms with Crippen LogP contribution in [0.15, 0.2) is 18.2 Å². The van der Waals surface area contributed by atoms with Crippen molar-refractivity contribution >= 4 is 19.0 Å². The molecular weight excluding hydrogens is 323 g/mol. The van der Waals surface area contributed by atoms with Crippen molar-refractivity contribution in [1.29, 1.82) is 5.26 Å². The van der Waals surface area contributed by atoms with Crippen molar-refractivity contribution in [2.75, 3.05) is 6.61 Å². The topological polar surface area (TPSA) is 109 Å². The third-order valence-corrected chi connectivity index (χ3v) is 3.70. The number of nitrogens with zero attached hydrogens (tertiary/aromatic N) is 1. The van der Waals surface area contributed by atoms with Crippen molar-refractivity contribution in [3.05, 3.63) is 29.3 Å². The number of carbonyl (C=O) groups excluding carboxylic acids is 2. The summed E-state index contributed by atoms with van der Waals surface area (Å²) in [5.74, 6) is -0.977. The third kappa shape index (κ3) is 4.97. The molecule has 1 aliphatic rings. The molecule has 0 aliphatic carbocycles. The Morgan fingerprint density at radius 3 is 2.96 bits per heavy atom. The summed E-state index contributed by atoms with van der Waals surface area (Å²) in [4.78, 5) is 24.0. The molecule has 2 rings (SSSR count). The third-order valence-electron chi connectivity index (χ3n) is 3.70. The van der Waals surface area contributed by atoms with E-state index in [-0.39, 0.29) is 36.0 Å². The number of carbonyl (C=O) groups is 2. The second-order valence-electron chi connectivity index (χ2n) is 6.33. The Hall–Kier alpha value is -2.53. The second-order valence-corrected chi connectivity index (χ2v) is 6.33. The highest BCUT2D eigenvalue weighted by atomic mass is 16.5. The standard InChI is InChI=1S/C17H21BN2O5/c1-11(2)10-24-17(22)13-6-3-5-12-9-14(18(23)25-16(12)13)20-15(21)7-4-8-19/h3,5-6,11,14,23H,4,7,9-10H2,1-2H3,(H,20,21)/t14-/m0/s1. The fourth-order valence-corrected chi connectivity index (χ4v) is 2.48. The van der Waals surface area contributed by atoms with Gasteiger partial charge in [-0.2, -0.15) is 5.26 Å². The number of para-hydroxylation sites is 1. The first-order valence-corrected chi connectivity index (χ1v) is 8.22. The van der Waals surface area contributed by atoms with Gasteiger partial charge in [-0.3, -0.25) is 4.79 Å². The first-order valence-electron chi connectivity index (χ1n) is 8.22. The molecular formula is C17H21BN2O5. The molecule has 0 saturated heterocycles. The molecule has 0 unspecified atom stereocenters. The van der Waals surface area contributed by atoms with Crippen LogP contribution in [-0.4, -0.2) is 36.6 Å². The van der Waals surface area contributed by atoms with Crippen LogP contribution in [0.5, 0.6) is 5.75 Å². The van der Waals surface area contributed by atoms with E-state index in [4.69, 9.17) is 14.7 Å². The molecule has 1 aromatic rings. The van der Waals surface area contributed by atoms with E-state index < -0.39 is 19.0 Å². The summed E-state index contributed by atoms with van der Waals surface area (Å²) in [7, 11) is -1.28. The van der Waals surface area contributed by atoms with Gasteiger partial charge in [-0.1, -0.05) is 26.0 Å². The molecule has 25 heavy (non-hydrogen) atoms. The number of ether oxygens (including phenoxy) is 1. The normalized spacial score (nSPS) is 15.8. The van der Waals surface area contributed by atoms with Crippen LogP contribution >= 0.6 is 0 Å². The van der Waals surface area contributed by atoms with Gasteiger partial charge in [-0.25, -0.2) is 4.79 Å². The van der Waals surface area contributed by atoms with E-state index in [1.807, 2.05) is 19.9 Å². The van der Waals surface area contributed by atoms with Gasteiger partial charge in [0, 0.05) is 12.8 Å². The number of esters is 1. The summed E-state index contributed by atoms with van der Waals surface area (Å²) in [6.45, 7) is 4.17. The smallest absolute Gasteiger partial charge is 0.534 e. The molecule has 8 heteroatoms. The van der Waals surface area contributed by atoms with Crippen molar-refractivity contribution in [1.82, 2.24) is 5.32 Å². The zero-order valence-corrected chi connectivity index (χ0v) is 14.3. The van der Waals surface area contributed by atoms with Gasteiger partial charge in [0.25, 0.3) is 0 Å². The van der Waals surface area contributed by atoms with Crippen LogP contribution in [0.2, 0.25) is 0 Å². The molecule has 0 spiro atoms. The Kier molecular flexibility index (Phi) is 6.42. The molecule has 1 aromatic carbocycles. The highest BCUT2D eigenvalue weighted by Gasteiger charge is 2.37. The summed E-state index contributed by atoms with van der Waals surface area (Å²) < 4.78 is 10.7. The Morgan fingerprint density at radius 1 is 1.52 bits per heavy atom. The van der Waals surface area contributed by atoms with E-state index in [1.165, 1.54) is 0 Å². The molecule has 1 aliphatic heterocycles. The minimum atomic E-state index is -1.28. The molecule has 0 bridgehead atoms. The van der Waals surface area contributed by atoms with E-state index in [9.17, 15) is 14.6 Å². The molecule has 7 nitrogen and oxygen atoms in total. The monoisotopic (exact) mass is 344 g/mol. The lowest BCUT2D eigenvalue weighted by molar-refractivity contribution is -0.121. The van der Waals surface area contributed by atoms with Gasteiger partial charge in [0.1, 0.15) is 11.3 Å². The van der Waals surface area contributed by atoms with Gasteiger partial charge >= 0.3 is 13.1 Å². The summed E-state index contributed by atoms with van der Waals surface area (Å²) in [6.07, 6.45) is 0.492.